The molecule has 0 radical (unpaired) electrons. The lowest BCUT2D eigenvalue weighted by molar-refractivity contribution is -0.163. The van der Waals surface area contributed by atoms with Gasteiger partial charge in [-0.25, -0.2) is 4.79 Å². The lowest BCUT2D eigenvalue weighted by atomic mass is 10.1. The molecule has 4 atom stereocenters. The maximum Gasteiger partial charge on any atom is 0.351 e. The van der Waals surface area contributed by atoms with Crippen LogP contribution in [0.1, 0.15) is 81.4 Å². The van der Waals surface area contributed by atoms with Crippen molar-refractivity contribution in [2.24, 2.45) is 0 Å². The Kier molecular flexibility index (Phi) is 15.4. The normalized spacial score (nSPS) is 22.5. The zero-order chi connectivity index (χ0) is 41.5. The largest absolute Gasteiger partial charge is 0.459 e. The van der Waals surface area contributed by atoms with Crippen molar-refractivity contribution in [2.45, 2.75) is 122 Å². The van der Waals surface area contributed by atoms with Crippen molar-refractivity contribution in [3.63, 3.8) is 0 Å². The lowest BCUT2D eigenvalue weighted by Crippen LogP contribution is -2.49. The second-order valence-electron chi connectivity index (χ2n) is 16.7. The van der Waals surface area contributed by atoms with Gasteiger partial charge in [-0.15, -0.1) is 0 Å². The average Bonchev–Trinajstić information content (AvgIpc) is 3.29. The Morgan fingerprint density at radius 2 is 1.38 bits per heavy atom. The molecule has 0 bridgehead atoms. The summed E-state index contributed by atoms with van der Waals surface area (Å²) in [6, 6.07) is 0.145. The summed E-state index contributed by atoms with van der Waals surface area (Å²) >= 11 is 0. The Bertz CT molecular complexity index is 1510. The summed E-state index contributed by atoms with van der Waals surface area (Å²) in [6.07, 6.45) is -5.58. The highest BCUT2D eigenvalue weighted by atomic mass is 19.3. The number of ether oxygens (including phenoxy) is 4. The van der Waals surface area contributed by atoms with E-state index in [0.29, 0.717) is 30.7 Å². The second kappa shape index (κ2) is 18.5. The third kappa shape index (κ3) is 14.4. The third-order valence-electron chi connectivity index (χ3n) is 8.36. The van der Waals surface area contributed by atoms with Gasteiger partial charge >= 0.3 is 29.5 Å². The number of amides is 1. The molecule has 1 aromatic heterocycles. The first-order valence-electron chi connectivity index (χ1n) is 18.3. The number of carbonyl (C=O) groups excluding carboxylic acids is 4. The zero-order valence-corrected chi connectivity index (χ0v) is 33.3. The molecule has 0 saturated carbocycles. The number of nitrogens with zero attached hydrogens (tertiary/aromatic N) is 5. The smallest absolute Gasteiger partial charge is 0.351 e. The molecule has 2 aliphatic rings. The second-order valence-corrected chi connectivity index (χ2v) is 16.7. The summed E-state index contributed by atoms with van der Waals surface area (Å²) in [5.41, 5.74) is -3.48. The highest BCUT2D eigenvalue weighted by Gasteiger charge is 2.59. The van der Waals surface area contributed by atoms with Gasteiger partial charge in [0, 0.05) is 51.9 Å². The van der Waals surface area contributed by atoms with Crippen LogP contribution in [0.3, 0.4) is 0 Å². The monoisotopic (exact) mass is 788 g/mol. The minimum atomic E-state index is -3.91. The van der Waals surface area contributed by atoms with E-state index in [1.54, 1.807) is 62.3 Å². The number of hydrogen-bond acceptors (Lipinski definition) is 15. The lowest BCUT2D eigenvalue weighted by Gasteiger charge is -2.33. The molecule has 0 aromatic carbocycles. The van der Waals surface area contributed by atoms with Crippen LogP contribution in [0, 0.1) is 0 Å². The van der Waals surface area contributed by atoms with Gasteiger partial charge in [0.15, 0.2) is 6.10 Å². The molecule has 1 unspecified atom stereocenters. The third-order valence-corrected chi connectivity index (χ3v) is 8.36. The van der Waals surface area contributed by atoms with Crippen molar-refractivity contribution in [3.8, 4) is 0 Å². The number of anilines is 1. The minimum Gasteiger partial charge on any atom is -0.459 e. The van der Waals surface area contributed by atoms with E-state index in [1.165, 1.54) is 0 Å². The van der Waals surface area contributed by atoms with E-state index in [1.807, 2.05) is 14.7 Å². The zero-order valence-electron chi connectivity index (χ0n) is 33.3. The van der Waals surface area contributed by atoms with E-state index in [2.05, 4.69) is 10.3 Å². The predicted octanol–water partition coefficient (Wildman–Crippen LogP) is 1.16. The maximum atomic E-state index is 14.6. The Morgan fingerprint density at radius 1 is 0.891 bits per heavy atom. The number of aliphatic hydroxyl groups is 2. The minimum absolute atomic E-state index is 0.0379. The fraction of sp³-hybridized carbons (Fsp3) is 0.778. The number of aliphatic hydroxyl groups excluding tert-OH is 2. The van der Waals surface area contributed by atoms with Crippen LogP contribution in [0.15, 0.2) is 17.1 Å². The summed E-state index contributed by atoms with van der Waals surface area (Å²) in [7, 11) is 0. The van der Waals surface area contributed by atoms with Crippen molar-refractivity contribution in [3.05, 3.63) is 22.7 Å². The molecule has 55 heavy (non-hydrogen) atoms. The number of rotatable bonds is 12. The topological polar surface area (TPSA) is 202 Å². The number of alkyl halides is 2. The van der Waals surface area contributed by atoms with E-state index in [9.17, 15) is 43.0 Å². The van der Waals surface area contributed by atoms with Crippen molar-refractivity contribution >= 4 is 29.6 Å². The van der Waals surface area contributed by atoms with E-state index in [0.717, 1.165) is 12.3 Å². The van der Waals surface area contributed by atoms with Crippen LogP contribution in [-0.4, -0.2) is 158 Å². The molecular formula is C36H58F2N6O11. The number of halogens is 2. The fourth-order valence-electron chi connectivity index (χ4n) is 5.97. The molecule has 1 amide bonds. The van der Waals surface area contributed by atoms with Gasteiger partial charge in [0.2, 0.25) is 12.1 Å². The Balaban J connectivity index is 1.81. The molecule has 3 N–H and O–H groups in total. The summed E-state index contributed by atoms with van der Waals surface area (Å²) in [5.74, 6) is -6.27. The summed E-state index contributed by atoms with van der Waals surface area (Å²) in [6.45, 7) is 16.8. The van der Waals surface area contributed by atoms with Crippen LogP contribution < -0.4 is 11.0 Å². The van der Waals surface area contributed by atoms with Crippen LogP contribution in [0.2, 0.25) is 0 Å². The van der Waals surface area contributed by atoms with Crippen molar-refractivity contribution in [1.29, 1.82) is 0 Å². The van der Waals surface area contributed by atoms with Gasteiger partial charge in [0.1, 0.15) is 34.8 Å². The molecule has 312 valence electrons. The molecule has 3 heterocycles. The van der Waals surface area contributed by atoms with E-state index >= 15 is 0 Å². The molecule has 3 rings (SSSR count). The number of carbonyl (C=O) groups is 4. The molecule has 2 aliphatic heterocycles. The van der Waals surface area contributed by atoms with Crippen LogP contribution in [-0.2, 0) is 38.1 Å². The summed E-state index contributed by atoms with van der Waals surface area (Å²) in [4.78, 5) is 74.6. The first-order chi connectivity index (χ1) is 25.3. The quantitative estimate of drug-likeness (QED) is 0.201. The van der Waals surface area contributed by atoms with Crippen molar-refractivity contribution in [1.82, 2.24) is 24.3 Å². The Hall–Kier alpha value is -3.62. The van der Waals surface area contributed by atoms with Gasteiger partial charge < -0.3 is 34.5 Å². The maximum absolute atomic E-state index is 14.6. The standard InChI is InChI=1S/C36H58F2N6O11/c1-33(2,3)53-27(47)20-41-14-15-42(21-28(48)54-34(4,5)6)17-19-43(18-16-41)23(30(50)55-35(7,8)9)10-11-26(46)39-25-12-13-44(32(51)40-25)31-36(37,38)29(49)24(22-45)52-31/h12-13,23-24,29,31,45,49H,10-11,14-22H2,1-9H3,(H,39,40,46,51)/t23?,24-,29-,31-/m1/s1. The van der Waals surface area contributed by atoms with Crippen LogP contribution in [0.5, 0.6) is 0 Å². The summed E-state index contributed by atoms with van der Waals surface area (Å²) < 4.78 is 51.6. The number of esters is 3. The molecule has 2 fully saturated rings. The van der Waals surface area contributed by atoms with Gasteiger partial charge in [-0.3, -0.25) is 38.4 Å². The molecule has 19 heteroatoms. The van der Waals surface area contributed by atoms with Gasteiger partial charge in [0.25, 0.3) is 0 Å². The first-order valence-corrected chi connectivity index (χ1v) is 18.3. The van der Waals surface area contributed by atoms with Crippen LogP contribution in [0.4, 0.5) is 14.6 Å². The van der Waals surface area contributed by atoms with Gasteiger partial charge in [-0.1, -0.05) is 0 Å². The molecule has 1 aromatic rings. The average molecular weight is 789 g/mol. The highest BCUT2D eigenvalue weighted by molar-refractivity contribution is 5.90. The SMILES string of the molecule is CC(C)(C)OC(=O)CN1CCN(CC(=O)OC(C)(C)C)CCN(C(CCC(=O)Nc2ccn([C@@H]3O[C@H](CO)[C@@H](O)C3(F)F)c(=O)n2)C(=O)OC(C)(C)C)CC1. The molecular weight excluding hydrogens is 730 g/mol. The van der Waals surface area contributed by atoms with Gasteiger partial charge in [-0.05, 0) is 74.8 Å². The van der Waals surface area contributed by atoms with Crippen molar-refractivity contribution < 1.29 is 57.1 Å². The van der Waals surface area contributed by atoms with Gasteiger partial charge in [-0.2, -0.15) is 13.8 Å². The number of hydrogen-bond donors (Lipinski definition) is 3. The van der Waals surface area contributed by atoms with E-state index in [4.69, 9.17) is 18.9 Å². The van der Waals surface area contributed by atoms with Gasteiger partial charge in [0.05, 0.1) is 19.7 Å². The van der Waals surface area contributed by atoms with E-state index in [-0.39, 0.29) is 44.8 Å². The molecule has 2 saturated heterocycles. The Labute approximate surface area is 320 Å². The Morgan fingerprint density at radius 3 is 1.82 bits per heavy atom. The first kappa shape index (κ1) is 45.8. The highest BCUT2D eigenvalue weighted by Crippen LogP contribution is 2.42. The number of aromatic nitrogens is 2. The number of nitrogens with one attached hydrogen (secondary N) is 1. The molecule has 0 aliphatic carbocycles. The van der Waals surface area contributed by atoms with E-state index < -0.39 is 83.3 Å². The van der Waals surface area contributed by atoms with Crippen LogP contribution >= 0.6 is 0 Å². The summed E-state index contributed by atoms with van der Waals surface area (Å²) in [5, 5.41) is 21.5. The molecule has 0 spiro atoms. The predicted molar refractivity (Wildman–Crippen MR) is 194 cm³/mol. The van der Waals surface area contributed by atoms with Crippen molar-refractivity contribution in [2.75, 3.05) is 64.3 Å². The molecule has 17 nitrogen and oxygen atoms in total. The fourth-order valence-corrected chi connectivity index (χ4v) is 5.97. The van der Waals surface area contributed by atoms with Crippen LogP contribution in [0.25, 0.3) is 0 Å².